The monoisotopic (exact) mass is 381 g/mol. The van der Waals surface area contributed by atoms with Crippen molar-refractivity contribution in [3.05, 3.63) is 89.4 Å². The molecule has 3 rings (SSSR count). The van der Waals surface area contributed by atoms with Crippen LogP contribution >= 0.6 is 11.8 Å². The molecule has 1 N–H and O–H groups in total. The molecule has 0 bridgehead atoms. The van der Waals surface area contributed by atoms with Crippen LogP contribution in [0.3, 0.4) is 0 Å². The Morgan fingerprint density at radius 1 is 1.04 bits per heavy atom. The number of benzene rings is 2. The summed E-state index contributed by atoms with van der Waals surface area (Å²) in [6.45, 7) is 0.340. The highest BCUT2D eigenvalue weighted by molar-refractivity contribution is 7.98. The third-order valence-electron chi connectivity index (χ3n) is 3.92. The van der Waals surface area contributed by atoms with E-state index in [9.17, 15) is 9.59 Å². The lowest BCUT2D eigenvalue weighted by molar-refractivity contribution is 0.0600. The van der Waals surface area contributed by atoms with Crippen LogP contribution < -0.4 is 5.32 Å². The molecule has 27 heavy (non-hydrogen) atoms. The number of methoxy groups -OCH3 is 1. The molecule has 0 aliphatic rings. The summed E-state index contributed by atoms with van der Waals surface area (Å²) in [6, 6.07) is 18.7. The fraction of sp³-hybridized carbons (Fsp3) is 0.143. The molecule has 2 aromatic carbocycles. The van der Waals surface area contributed by atoms with Crippen LogP contribution in [0.2, 0.25) is 0 Å². The Morgan fingerprint density at radius 3 is 2.48 bits per heavy atom. The third-order valence-corrected chi connectivity index (χ3v) is 4.98. The van der Waals surface area contributed by atoms with E-state index in [1.807, 2.05) is 36.4 Å². The molecule has 1 aromatic heterocycles. The summed E-state index contributed by atoms with van der Waals surface area (Å²) in [6.07, 6.45) is 1.53. The summed E-state index contributed by atoms with van der Waals surface area (Å²) in [5.41, 5.74) is 2.20. The van der Waals surface area contributed by atoms with Crippen molar-refractivity contribution in [1.82, 2.24) is 5.32 Å². The number of carbonyl (C=O) groups excluding carboxylic acids is 2. The van der Waals surface area contributed by atoms with Crippen molar-refractivity contribution in [2.45, 2.75) is 17.2 Å². The molecule has 0 saturated carbocycles. The summed E-state index contributed by atoms with van der Waals surface area (Å²) in [7, 11) is 1.34. The van der Waals surface area contributed by atoms with E-state index < -0.39 is 0 Å². The maximum Gasteiger partial charge on any atom is 0.337 e. The Labute approximate surface area is 161 Å². The number of furan rings is 1. The van der Waals surface area contributed by atoms with Crippen LogP contribution in [0.15, 0.2) is 76.2 Å². The second kappa shape index (κ2) is 9.09. The molecule has 0 aliphatic carbocycles. The normalized spacial score (nSPS) is 10.4. The molecular formula is C21H19NO4S. The number of thioether (sulfide) groups is 1. The Kier molecular flexibility index (Phi) is 6.33. The number of hydrogen-bond acceptors (Lipinski definition) is 5. The maximum absolute atomic E-state index is 12.4. The van der Waals surface area contributed by atoms with Gasteiger partial charge in [0.2, 0.25) is 0 Å². The van der Waals surface area contributed by atoms with Crippen LogP contribution in [0.5, 0.6) is 0 Å². The predicted molar refractivity (Wildman–Crippen MR) is 104 cm³/mol. The first-order chi connectivity index (χ1) is 13.2. The van der Waals surface area contributed by atoms with E-state index in [0.29, 0.717) is 23.6 Å². The summed E-state index contributed by atoms with van der Waals surface area (Å²) < 4.78 is 10.1. The minimum atomic E-state index is -0.387. The smallest absolute Gasteiger partial charge is 0.337 e. The van der Waals surface area contributed by atoms with Crippen LogP contribution in [0.4, 0.5) is 0 Å². The molecule has 1 amide bonds. The number of amides is 1. The summed E-state index contributed by atoms with van der Waals surface area (Å²) in [5, 5.41) is 2.84. The maximum atomic E-state index is 12.4. The van der Waals surface area contributed by atoms with Crippen molar-refractivity contribution >= 4 is 23.6 Å². The van der Waals surface area contributed by atoms with Gasteiger partial charge >= 0.3 is 5.97 Å². The van der Waals surface area contributed by atoms with Crippen molar-refractivity contribution in [2.24, 2.45) is 0 Å². The van der Waals surface area contributed by atoms with Gasteiger partial charge in [0.1, 0.15) is 0 Å². The summed E-state index contributed by atoms with van der Waals surface area (Å²) in [4.78, 5) is 25.0. The van der Waals surface area contributed by atoms with Gasteiger partial charge in [-0.05, 0) is 35.9 Å². The van der Waals surface area contributed by atoms with Gasteiger partial charge in [-0.2, -0.15) is 0 Å². The van der Waals surface area contributed by atoms with E-state index in [1.165, 1.54) is 13.4 Å². The van der Waals surface area contributed by atoms with Crippen LogP contribution in [-0.4, -0.2) is 19.0 Å². The van der Waals surface area contributed by atoms with E-state index in [4.69, 9.17) is 4.42 Å². The van der Waals surface area contributed by atoms with Crippen molar-refractivity contribution < 1.29 is 18.7 Å². The van der Waals surface area contributed by atoms with Gasteiger partial charge in [-0.3, -0.25) is 4.79 Å². The molecule has 0 unspecified atom stereocenters. The fourth-order valence-electron chi connectivity index (χ4n) is 2.47. The van der Waals surface area contributed by atoms with Gasteiger partial charge in [0.25, 0.3) is 5.91 Å². The van der Waals surface area contributed by atoms with Gasteiger partial charge in [0.05, 0.1) is 18.9 Å². The highest BCUT2D eigenvalue weighted by atomic mass is 32.2. The Bertz CT molecular complexity index is 903. The molecule has 0 saturated heterocycles. The quantitative estimate of drug-likeness (QED) is 0.488. The number of rotatable bonds is 7. The summed E-state index contributed by atoms with van der Waals surface area (Å²) >= 11 is 1.65. The standard InChI is InChI=1S/C21H19NO4S/c1-25-21(24)16-9-7-15(8-10-16)13-22-20(23)19-17(11-12-26-19)14-27-18-5-3-2-4-6-18/h2-12H,13-14H2,1H3,(H,22,23). The second-order valence-electron chi connectivity index (χ2n) is 5.75. The Balaban J connectivity index is 1.57. The number of ether oxygens (including phenoxy) is 1. The topological polar surface area (TPSA) is 68.5 Å². The minimum Gasteiger partial charge on any atom is -0.465 e. The SMILES string of the molecule is COC(=O)c1ccc(CNC(=O)c2occc2CSc2ccccc2)cc1. The molecule has 6 heteroatoms. The number of hydrogen-bond donors (Lipinski definition) is 1. The lowest BCUT2D eigenvalue weighted by Crippen LogP contribution is -2.23. The van der Waals surface area contributed by atoms with Crippen LogP contribution in [-0.2, 0) is 17.0 Å². The second-order valence-corrected chi connectivity index (χ2v) is 6.80. The molecule has 0 spiro atoms. The van der Waals surface area contributed by atoms with Crippen molar-refractivity contribution in [3.8, 4) is 0 Å². The zero-order chi connectivity index (χ0) is 19.1. The molecule has 138 valence electrons. The van der Waals surface area contributed by atoms with E-state index in [0.717, 1.165) is 16.0 Å². The largest absolute Gasteiger partial charge is 0.465 e. The van der Waals surface area contributed by atoms with Gasteiger partial charge < -0.3 is 14.5 Å². The lowest BCUT2D eigenvalue weighted by atomic mass is 10.1. The molecule has 0 atom stereocenters. The molecule has 1 heterocycles. The molecule has 0 aliphatic heterocycles. The van der Waals surface area contributed by atoms with E-state index in [2.05, 4.69) is 10.1 Å². The van der Waals surface area contributed by atoms with Gasteiger partial charge in [-0.1, -0.05) is 30.3 Å². The number of carbonyl (C=O) groups is 2. The first-order valence-corrected chi connectivity index (χ1v) is 9.35. The lowest BCUT2D eigenvalue weighted by Gasteiger charge is -2.06. The van der Waals surface area contributed by atoms with Crippen molar-refractivity contribution in [1.29, 1.82) is 0 Å². The van der Waals surface area contributed by atoms with E-state index in [1.54, 1.807) is 36.0 Å². The average Bonchev–Trinajstić information content (AvgIpc) is 3.20. The Hall–Kier alpha value is -2.99. The molecular weight excluding hydrogens is 362 g/mol. The number of esters is 1. The predicted octanol–water partition coefficient (Wildman–Crippen LogP) is 4.29. The highest BCUT2D eigenvalue weighted by Crippen LogP contribution is 2.24. The van der Waals surface area contributed by atoms with Gasteiger partial charge in [0, 0.05) is 22.8 Å². The average molecular weight is 381 g/mol. The first-order valence-electron chi connectivity index (χ1n) is 8.37. The molecule has 0 fully saturated rings. The number of nitrogens with one attached hydrogen (secondary N) is 1. The fourth-order valence-corrected chi connectivity index (χ4v) is 3.36. The Morgan fingerprint density at radius 2 is 1.78 bits per heavy atom. The van der Waals surface area contributed by atoms with Gasteiger partial charge in [-0.25, -0.2) is 4.79 Å². The molecule has 5 nitrogen and oxygen atoms in total. The zero-order valence-electron chi connectivity index (χ0n) is 14.8. The zero-order valence-corrected chi connectivity index (χ0v) is 15.6. The van der Waals surface area contributed by atoms with Crippen LogP contribution in [0.1, 0.15) is 32.0 Å². The van der Waals surface area contributed by atoms with Crippen LogP contribution in [0, 0.1) is 0 Å². The highest BCUT2D eigenvalue weighted by Gasteiger charge is 2.15. The van der Waals surface area contributed by atoms with Crippen molar-refractivity contribution in [2.75, 3.05) is 7.11 Å². The third kappa shape index (κ3) is 5.01. The van der Waals surface area contributed by atoms with Gasteiger partial charge in [0.15, 0.2) is 5.76 Å². The van der Waals surface area contributed by atoms with E-state index in [-0.39, 0.29) is 11.9 Å². The van der Waals surface area contributed by atoms with Crippen molar-refractivity contribution in [3.63, 3.8) is 0 Å². The van der Waals surface area contributed by atoms with Gasteiger partial charge in [-0.15, -0.1) is 11.8 Å². The minimum absolute atomic E-state index is 0.263. The molecule has 3 aromatic rings. The van der Waals surface area contributed by atoms with E-state index >= 15 is 0 Å². The summed E-state index contributed by atoms with van der Waals surface area (Å²) in [5.74, 6) is 0.323. The van der Waals surface area contributed by atoms with Crippen LogP contribution in [0.25, 0.3) is 0 Å². The first kappa shape index (κ1) is 18.8. The molecule has 0 radical (unpaired) electrons.